The lowest BCUT2D eigenvalue weighted by molar-refractivity contribution is 0.766. The number of fused-ring (bicyclic) bond motifs is 1. The van der Waals surface area contributed by atoms with Crippen LogP contribution in [0.2, 0.25) is 0 Å². The highest BCUT2D eigenvalue weighted by Crippen LogP contribution is 2.30. The summed E-state index contributed by atoms with van der Waals surface area (Å²) >= 11 is 0. The average molecular weight is 214 g/mol. The van der Waals surface area contributed by atoms with E-state index in [2.05, 4.69) is 38.1 Å². The number of benzene rings is 1. The van der Waals surface area contributed by atoms with Gasteiger partial charge in [0.1, 0.15) is 0 Å². The molecule has 0 amide bonds. The normalized spacial score (nSPS) is 15.1. The highest BCUT2D eigenvalue weighted by atomic mass is 14.2. The zero-order chi connectivity index (χ0) is 11.4. The molecule has 1 aromatic rings. The molecule has 0 heteroatoms. The average Bonchev–Trinajstić information content (AvgIpc) is 2.30. The molecule has 0 saturated carbocycles. The van der Waals surface area contributed by atoms with Crippen molar-refractivity contribution < 1.29 is 0 Å². The van der Waals surface area contributed by atoms with Crippen molar-refractivity contribution >= 4 is 0 Å². The molecule has 16 heavy (non-hydrogen) atoms. The Labute approximate surface area is 99.4 Å². The Hall–Kier alpha value is -1.04. The minimum atomic E-state index is 1.21. The molecule has 0 atom stereocenters. The number of allylic oxidation sites excluding steroid dienone is 2. The Balaban J connectivity index is 2.25. The summed E-state index contributed by atoms with van der Waals surface area (Å²) in [5.74, 6) is 0. The molecule has 1 aliphatic rings. The van der Waals surface area contributed by atoms with E-state index in [9.17, 15) is 0 Å². The van der Waals surface area contributed by atoms with E-state index in [1.807, 2.05) is 0 Å². The first kappa shape index (κ1) is 11.4. The summed E-state index contributed by atoms with van der Waals surface area (Å²) in [6, 6.07) is 8.95. The van der Waals surface area contributed by atoms with Crippen LogP contribution in [0, 0.1) is 0 Å². The van der Waals surface area contributed by atoms with Crippen molar-refractivity contribution in [1.82, 2.24) is 0 Å². The first-order valence-electron chi connectivity index (χ1n) is 6.61. The molecule has 0 heterocycles. The monoisotopic (exact) mass is 214 g/mol. The van der Waals surface area contributed by atoms with Crippen molar-refractivity contribution in [3.8, 4) is 0 Å². The zero-order valence-corrected chi connectivity index (χ0v) is 10.6. The molecule has 0 radical (unpaired) electrons. The fourth-order valence-electron chi connectivity index (χ4n) is 2.75. The zero-order valence-electron chi connectivity index (χ0n) is 10.6. The van der Waals surface area contributed by atoms with Crippen molar-refractivity contribution in [2.45, 2.75) is 52.4 Å². The van der Waals surface area contributed by atoms with E-state index in [-0.39, 0.29) is 0 Å². The molecular formula is C16H22. The van der Waals surface area contributed by atoms with Crippen LogP contribution in [-0.4, -0.2) is 0 Å². The van der Waals surface area contributed by atoms with Gasteiger partial charge in [0, 0.05) is 0 Å². The van der Waals surface area contributed by atoms with Crippen LogP contribution in [0.15, 0.2) is 35.4 Å². The number of rotatable bonds is 4. The standard InChI is InChI=1S/C16H22/c1-3-7-13-11-15-9-5-6-10-16(15)12-14(13)8-4-2/h5-6,9-10H,3-4,7-8,11-12H2,1-2H3. The van der Waals surface area contributed by atoms with E-state index >= 15 is 0 Å². The Morgan fingerprint density at radius 3 is 1.62 bits per heavy atom. The van der Waals surface area contributed by atoms with Crippen molar-refractivity contribution in [3.63, 3.8) is 0 Å². The van der Waals surface area contributed by atoms with E-state index in [1.54, 1.807) is 22.3 Å². The van der Waals surface area contributed by atoms with E-state index in [4.69, 9.17) is 0 Å². The van der Waals surface area contributed by atoms with E-state index in [1.165, 1.54) is 38.5 Å². The topological polar surface area (TPSA) is 0 Å². The molecule has 86 valence electrons. The second-order valence-corrected chi connectivity index (χ2v) is 4.83. The summed E-state index contributed by atoms with van der Waals surface area (Å²) in [6.07, 6.45) is 7.57. The van der Waals surface area contributed by atoms with Crippen LogP contribution in [0.5, 0.6) is 0 Å². The third-order valence-electron chi connectivity index (χ3n) is 3.53. The molecule has 0 bridgehead atoms. The molecule has 0 nitrogen and oxygen atoms in total. The Morgan fingerprint density at radius 2 is 1.25 bits per heavy atom. The van der Waals surface area contributed by atoms with Crippen molar-refractivity contribution in [1.29, 1.82) is 0 Å². The second kappa shape index (κ2) is 5.34. The molecule has 0 spiro atoms. The molecule has 0 N–H and O–H groups in total. The van der Waals surface area contributed by atoms with Crippen molar-refractivity contribution in [2.24, 2.45) is 0 Å². The second-order valence-electron chi connectivity index (χ2n) is 4.83. The molecule has 0 fully saturated rings. The summed E-state index contributed by atoms with van der Waals surface area (Å²) in [5.41, 5.74) is 6.57. The maximum absolute atomic E-state index is 2.30. The first-order chi connectivity index (χ1) is 7.85. The minimum absolute atomic E-state index is 1.21. The van der Waals surface area contributed by atoms with Crippen LogP contribution in [-0.2, 0) is 12.8 Å². The molecule has 1 aliphatic carbocycles. The highest BCUT2D eigenvalue weighted by Gasteiger charge is 2.15. The van der Waals surface area contributed by atoms with Gasteiger partial charge in [0.15, 0.2) is 0 Å². The first-order valence-corrected chi connectivity index (χ1v) is 6.61. The van der Waals surface area contributed by atoms with Gasteiger partial charge >= 0.3 is 0 Å². The maximum Gasteiger partial charge on any atom is -0.00615 e. The van der Waals surface area contributed by atoms with Crippen LogP contribution >= 0.6 is 0 Å². The van der Waals surface area contributed by atoms with E-state index < -0.39 is 0 Å². The lowest BCUT2D eigenvalue weighted by Gasteiger charge is -2.23. The Kier molecular flexibility index (Phi) is 3.82. The third-order valence-corrected chi connectivity index (χ3v) is 3.53. The summed E-state index contributed by atoms with van der Waals surface area (Å²) in [4.78, 5) is 0. The highest BCUT2D eigenvalue weighted by molar-refractivity contribution is 5.40. The molecule has 0 aromatic heterocycles. The molecular weight excluding hydrogens is 192 g/mol. The predicted molar refractivity (Wildman–Crippen MR) is 70.7 cm³/mol. The van der Waals surface area contributed by atoms with Crippen LogP contribution in [0.4, 0.5) is 0 Å². The predicted octanol–water partition coefficient (Wildman–Crippen LogP) is 4.68. The fourth-order valence-corrected chi connectivity index (χ4v) is 2.75. The van der Waals surface area contributed by atoms with Gasteiger partial charge in [-0.2, -0.15) is 0 Å². The van der Waals surface area contributed by atoms with Crippen LogP contribution in [0.25, 0.3) is 0 Å². The summed E-state index contributed by atoms with van der Waals surface area (Å²) in [6.45, 7) is 4.58. The van der Waals surface area contributed by atoms with Crippen LogP contribution < -0.4 is 0 Å². The Bertz CT molecular complexity index is 348. The summed E-state index contributed by atoms with van der Waals surface area (Å²) < 4.78 is 0. The maximum atomic E-state index is 2.30. The molecule has 1 aromatic carbocycles. The molecule has 0 unspecified atom stereocenters. The van der Waals surface area contributed by atoms with Gasteiger partial charge in [-0.3, -0.25) is 0 Å². The van der Waals surface area contributed by atoms with Gasteiger partial charge in [-0.1, -0.05) is 62.1 Å². The van der Waals surface area contributed by atoms with Crippen LogP contribution in [0.3, 0.4) is 0 Å². The number of hydrogen-bond donors (Lipinski definition) is 0. The minimum Gasteiger partial charge on any atom is -0.0663 e. The molecule has 0 saturated heterocycles. The fraction of sp³-hybridized carbons (Fsp3) is 0.500. The molecule has 2 rings (SSSR count). The summed E-state index contributed by atoms with van der Waals surface area (Å²) in [5, 5.41) is 0. The van der Waals surface area contributed by atoms with Crippen molar-refractivity contribution in [2.75, 3.05) is 0 Å². The quantitative estimate of drug-likeness (QED) is 0.638. The largest absolute Gasteiger partial charge is 0.0663 e. The smallest absolute Gasteiger partial charge is 0.00615 e. The van der Waals surface area contributed by atoms with Gasteiger partial charge in [-0.25, -0.2) is 0 Å². The Morgan fingerprint density at radius 1 is 0.812 bits per heavy atom. The van der Waals surface area contributed by atoms with Gasteiger partial charge in [0.2, 0.25) is 0 Å². The van der Waals surface area contributed by atoms with Crippen molar-refractivity contribution in [3.05, 3.63) is 46.5 Å². The number of hydrogen-bond acceptors (Lipinski definition) is 0. The third kappa shape index (κ3) is 2.37. The van der Waals surface area contributed by atoms with E-state index in [0.717, 1.165) is 0 Å². The lowest BCUT2D eigenvalue weighted by Crippen LogP contribution is -2.09. The lowest BCUT2D eigenvalue weighted by atomic mass is 9.83. The SMILES string of the molecule is CCCC1=C(CCC)Cc2ccccc2C1. The van der Waals surface area contributed by atoms with Gasteiger partial charge in [-0.05, 0) is 36.8 Å². The van der Waals surface area contributed by atoms with E-state index in [0.29, 0.717) is 0 Å². The van der Waals surface area contributed by atoms with Gasteiger partial charge in [0.05, 0.1) is 0 Å². The van der Waals surface area contributed by atoms with Gasteiger partial charge in [0.25, 0.3) is 0 Å². The molecule has 0 aliphatic heterocycles. The summed E-state index contributed by atoms with van der Waals surface area (Å²) in [7, 11) is 0. The van der Waals surface area contributed by atoms with Gasteiger partial charge < -0.3 is 0 Å². The van der Waals surface area contributed by atoms with Gasteiger partial charge in [-0.15, -0.1) is 0 Å². The van der Waals surface area contributed by atoms with Crippen LogP contribution in [0.1, 0.15) is 50.7 Å².